The summed E-state index contributed by atoms with van der Waals surface area (Å²) in [6.07, 6.45) is 4.20. The van der Waals surface area contributed by atoms with Crippen molar-refractivity contribution >= 4 is 15.7 Å². The lowest BCUT2D eigenvalue weighted by Gasteiger charge is -2.37. The Morgan fingerprint density at radius 3 is 2.71 bits per heavy atom. The Hall–Kier alpha value is -1.07. The third-order valence-electron chi connectivity index (χ3n) is 4.51. The molecule has 21 heavy (non-hydrogen) atoms. The van der Waals surface area contributed by atoms with Crippen LogP contribution in [0.25, 0.3) is 0 Å². The van der Waals surface area contributed by atoms with Gasteiger partial charge in [0.25, 0.3) is 0 Å². The first-order valence-corrected chi connectivity index (χ1v) is 9.35. The number of hydrogen-bond donors (Lipinski definition) is 1. The molecule has 1 aliphatic carbocycles. The Bertz CT molecular complexity index is 610. The standard InChI is InChI=1S/C16H24N2O2S/c1-12-7-8-14-5-3-4-6-16(14)18(12)21(19,20)13(2)11-17-15-9-10-15/h3-6,12-13,15,17H,7-11H2,1-2H3. The van der Waals surface area contributed by atoms with Crippen LogP contribution in [0.3, 0.4) is 0 Å². The van der Waals surface area contributed by atoms with Crippen molar-refractivity contribution in [1.82, 2.24) is 5.32 Å². The fourth-order valence-corrected chi connectivity index (χ4v) is 4.72. The average molecular weight is 308 g/mol. The molecule has 1 aromatic carbocycles. The summed E-state index contributed by atoms with van der Waals surface area (Å²) in [5.41, 5.74) is 2.01. The van der Waals surface area contributed by atoms with Crippen LogP contribution >= 0.6 is 0 Å². The van der Waals surface area contributed by atoms with Gasteiger partial charge in [-0.2, -0.15) is 0 Å². The molecule has 1 aromatic rings. The van der Waals surface area contributed by atoms with Crippen molar-refractivity contribution in [2.75, 3.05) is 10.8 Å². The van der Waals surface area contributed by atoms with Crippen LogP contribution in [-0.4, -0.2) is 32.3 Å². The van der Waals surface area contributed by atoms with E-state index in [9.17, 15) is 8.42 Å². The van der Waals surface area contributed by atoms with Crippen LogP contribution in [0.1, 0.15) is 38.7 Å². The van der Waals surface area contributed by atoms with Crippen LogP contribution in [0.15, 0.2) is 24.3 Å². The summed E-state index contributed by atoms with van der Waals surface area (Å²) in [4.78, 5) is 0. The second kappa shape index (κ2) is 5.61. The van der Waals surface area contributed by atoms with Gasteiger partial charge in [-0.3, -0.25) is 4.31 Å². The van der Waals surface area contributed by atoms with Crippen molar-refractivity contribution < 1.29 is 8.42 Å². The van der Waals surface area contributed by atoms with Crippen molar-refractivity contribution in [2.45, 2.75) is 56.9 Å². The number of hydrogen-bond acceptors (Lipinski definition) is 3. The van der Waals surface area contributed by atoms with Crippen LogP contribution in [0.4, 0.5) is 5.69 Å². The molecule has 0 radical (unpaired) electrons. The minimum atomic E-state index is -3.32. The summed E-state index contributed by atoms with van der Waals surface area (Å²) in [6.45, 7) is 4.36. The van der Waals surface area contributed by atoms with E-state index in [2.05, 4.69) is 5.32 Å². The molecule has 116 valence electrons. The summed E-state index contributed by atoms with van der Waals surface area (Å²) in [5.74, 6) is 0. The van der Waals surface area contributed by atoms with E-state index in [-0.39, 0.29) is 6.04 Å². The Morgan fingerprint density at radius 2 is 2.00 bits per heavy atom. The van der Waals surface area contributed by atoms with Gasteiger partial charge in [0, 0.05) is 18.6 Å². The number of nitrogens with one attached hydrogen (secondary N) is 1. The zero-order valence-electron chi connectivity index (χ0n) is 12.7. The maximum absolute atomic E-state index is 13.0. The first-order valence-electron chi connectivity index (χ1n) is 7.84. The van der Waals surface area contributed by atoms with Crippen LogP contribution in [0.5, 0.6) is 0 Å². The van der Waals surface area contributed by atoms with E-state index in [0.29, 0.717) is 12.6 Å². The molecule has 3 rings (SSSR count). The molecule has 1 aliphatic heterocycles. The SMILES string of the molecule is CC1CCc2ccccc2N1S(=O)(=O)C(C)CNC1CC1. The molecule has 1 fully saturated rings. The molecule has 0 spiro atoms. The first kappa shape index (κ1) is 14.9. The van der Waals surface area contributed by atoms with Crippen molar-refractivity contribution in [3.63, 3.8) is 0 Å². The summed E-state index contributed by atoms with van der Waals surface area (Å²) in [7, 11) is -3.32. The molecular weight excluding hydrogens is 284 g/mol. The number of aryl methyl sites for hydroxylation is 1. The average Bonchev–Trinajstić information content (AvgIpc) is 3.28. The monoisotopic (exact) mass is 308 g/mol. The molecule has 5 heteroatoms. The van der Waals surface area contributed by atoms with Crippen molar-refractivity contribution in [3.8, 4) is 0 Å². The van der Waals surface area contributed by atoms with Gasteiger partial charge in [0.1, 0.15) is 0 Å². The van der Waals surface area contributed by atoms with E-state index in [1.54, 1.807) is 4.31 Å². The van der Waals surface area contributed by atoms with Crippen molar-refractivity contribution in [2.24, 2.45) is 0 Å². The molecule has 2 unspecified atom stereocenters. The predicted octanol–water partition coefficient (Wildman–Crippen LogP) is 2.30. The molecule has 2 atom stereocenters. The van der Waals surface area contributed by atoms with Gasteiger partial charge in [-0.1, -0.05) is 18.2 Å². The Balaban J connectivity index is 1.86. The molecule has 1 saturated carbocycles. The second-order valence-corrected chi connectivity index (χ2v) is 8.58. The Morgan fingerprint density at radius 1 is 1.29 bits per heavy atom. The van der Waals surface area contributed by atoms with Gasteiger partial charge in [-0.05, 0) is 51.2 Å². The Labute approximate surface area is 127 Å². The molecule has 0 saturated heterocycles. The third-order valence-corrected chi connectivity index (χ3v) is 6.80. The largest absolute Gasteiger partial charge is 0.313 e. The number of fused-ring (bicyclic) bond motifs is 1. The number of benzene rings is 1. The number of rotatable bonds is 5. The van der Waals surface area contributed by atoms with Crippen molar-refractivity contribution in [3.05, 3.63) is 29.8 Å². The van der Waals surface area contributed by atoms with E-state index < -0.39 is 15.3 Å². The van der Waals surface area contributed by atoms with E-state index in [4.69, 9.17) is 0 Å². The van der Waals surface area contributed by atoms with Gasteiger partial charge < -0.3 is 5.32 Å². The summed E-state index contributed by atoms with van der Waals surface area (Å²) in [6, 6.07) is 8.45. The molecule has 0 amide bonds. The lowest BCUT2D eigenvalue weighted by Crippen LogP contribution is -2.48. The van der Waals surface area contributed by atoms with Crippen LogP contribution in [-0.2, 0) is 16.4 Å². The van der Waals surface area contributed by atoms with Crippen LogP contribution < -0.4 is 9.62 Å². The molecule has 0 aromatic heterocycles. The number of sulfonamides is 1. The highest BCUT2D eigenvalue weighted by molar-refractivity contribution is 7.93. The van der Waals surface area contributed by atoms with Crippen LogP contribution in [0.2, 0.25) is 0 Å². The maximum Gasteiger partial charge on any atom is 0.239 e. The molecule has 0 bridgehead atoms. The zero-order chi connectivity index (χ0) is 15.0. The van der Waals surface area contributed by atoms with E-state index in [0.717, 1.165) is 24.1 Å². The van der Waals surface area contributed by atoms with Gasteiger partial charge in [-0.25, -0.2) is 8.42 Å². The number of para-hydroxylation sites is 1. The van der Waals surface area contributed by atoms with Gasteiger partial charge in [0.2, 0.25) is 10.0 Å². The highest BCUT2D eigenvalue weighted by Gasteiger charge is 2.36. The highest BCUT2D eigenvalue weighted by Crippen LogP contribution is 2.34. The number of nitrogens with zero attached hydrogens (tertiary/aromatic N) is 1. The summed E-state index contributed by atoms with van der Waals surface area (Å²) in [5, 5.41) is 2.94. The maximum atomic E-state index is 13.0. The number of anilines is 1. The Kier molecular flexibility index (Phi) is 3.97. The predicted molar refractivity (Wildman–Crippen MR) is 86.1 cm³/mol. The fourth-order valence-electron chi connectivity index (χ4n) is 2.96. The van der Waals surface area contributed by atoms with Gasteiger partial charge in [0.15, 0.2) is 0 Å². The van der Waals surface area contributed by atoms with Gasteiger partial charge >= 0.3 is 0 Å². The lowest BCUT2D eigenvalue weighted by atomic mass is 9.99. The van der Waals surface area contributed by atoms with E-state index in [1.807, 2.05) is 38.1 Å². The fraction of sp³-hybridized carbons (Fsp3) is 0.625. The van der Waals surface area contributed by atoms with Crippen LogP contribution in [0, 0.1) is 0 Å². The molecule has 2 aliphatic rings. The van der Waals surface area contributed by atoms with Gasteiger partial charge in [-0.15, -0.1) is 0 Å². The minimum absolute atomic E-state index is 0.0354. The first-order chi connectivity index (χ1) is 10.00. The van der Waals surface area contributed by atoms with Crippen molar-refractivity contribution in [1.29, 1.82) is 0 Å². The molecular formula is C16H24N2O2S. The smallest absolute Gasteiger partial charge is 0.239 e. The lowest BCUT2D eigenvalue weighted by molar-refractivity contribution is 0.544. The molecule has 1 heterocycles. The topological polar surface area (TPSA) is 49.4 Å². The normalized spacial score (nSPS) is 23.7. The quantitative estimate of drug-likeness (QED) is 0.908. The van der Waals surface area contributed by atoms with Gasteiger partial charge in [0.05, 0.1) is 10.9 Å². The minimum Gasteiger partial charge on any atom is -0.313 e. The molecule has 1 N–H and O–H groups in total. The second-order valence-electron chi connectivity index (χ2n) is 6.35. The van der Waals surface area contributed by atoms with E-state index in [1.165, 1.54) is 12.8 Å². The third kappa shape index (κ3) is 2.94. The van der Waals surface area contributed by atoms with E-state index >= 15 is 0 Å². The summed E-state index contributed by atoms with van der Waals surface area (Å²) >= 11 is 0. The summed E-state index contributed by atoms with van der Waals surface area (Å²) < 4.78 is 27.6. The molecule has 4 nitrogen and oxygen atoms in total. The highest BCUT2D eigenvalue weighted by atomic mass is 32.2. The zero-order valence-corrected chi connectivity index (χ0v) is 13.6.